The van der Waals surface area contributed by atoms with E-state index < -0.39 is 0 Å². The van der Waals surface area contributed by atoms with Gasteiger partial charge < -0.3 is 0 Å². The second kappa shape index (κ2) is 5.12. The van der Waals surface area contributed by atoms with Crippen LogP contribution in [0, 0.1) is 17.8 Å². The van der Waals surface area contributed by atoms with Gasteiger partial charge in [-0.2, -0.15) is 0 Å². The Morgan fingerprint density at radius 3 is 2.57 bits per heavy atom. The maximum atomic E-state index is 4.08. The standard InChI is InChI=1S/C13H23P/c1-9(2)11(4)7-12-5-10(3)6-13(14)8-12/h6,9,11-12H,3,5,7-8,14H2,1-2,4H3. The third-order valence-electron chi connectivity index (χ3n) is 3.31. The molecule has 0 N–H and O–H groups in total. The van der Waals surface area contributed by atoms with Gasteiger partial charge in [-0.15, -0.1) is 9.24 Å². The Bertz CT molecular complexity index is 238. The van der Waals surface area contributed by atoms with Gasteiger partial charge in [-0.05, 0) is 37.0 Å². The highest BCUT2D eigenvalue weighted by Gasteiger charge is 2.19. The maximum Gasteiger partial charge on any atom is -0.0248 e. The van der Waals surface area contributed by atoms with Crippen molar-refractivity contribution < 1.29 is 0 Å². The molecule has 0 fully saturated rings. The van der Waals surface area contributed by atoms with Gasteiger partial charge in [0.1, 0.15) is 0 Å². The first-order valence-electron chi connectivity index (χ1n) is 5.63. The molecule has 0 bridgehead atoms. The Labute approximate surface area is 91.1 Å². The number of allylic oxidation sites excluding steroid dienone is 3. The van der Waals surface area contributed by atoms with E-state index in [-0.39, 0.29) is 0 Å². The zero-order valence-corrected chi connectivity index (χ0v) is 10.9. The van der Waals surface area contributed by atoms with Gasteiger partial charge in [0, 0.05) is 0 Å². The Kier molecular flexibility index (Phi) is 4.38. The van der Waals surface area contributed by atoms with Crippen LogP contribution in [0.15, 0.2) is 23.5 Å². The number of hydrogen-bond acceptors (Lipinski definition) is 0. The van der Waals surface area contributed by atoms with E-state index >= 15 is 0 Å². The summed E-state index contributed by atoms with van der Waals surface area (Å²) in [7, 11) is 2.84. The van der Waals surface area contributed by atoms with E-state index in [0.717, 1.165) is 17.8 Å². The highest BCUT2D eigenvalue weighted by atomic mass is 31.0. The van der Waals surface area contributed by atoms with Crippen LogP contribution >= 0.6 is 9.24 Å². The highest BCUT2D eigenvalue weighted by molar-refractivity contribution is 7.22. The van der Waals surface area contributed by atoms with Crippen LogP contribution in [-0.2, 0) is 0 Å². The summed E-state index contributed by atoms with van der Waals surface area (Å²) in [5, 5.41) is 1.43. The Morgan fingerprint density at radius 2 is 2.07 bits per heavy atom. The normalized spacial score (nSPS) is 25.1. The molecule has 0 heterocycles. The first-order valence-corrected chi connectivity index (χ1v) is 6.20. The summed E-state index contributed by atoms with van der Waals surface area (Å²) in [5.41, 5.74) is 1.31. The summed E-state index contributed by atoms with van der Waals surface area (Å²) in [6.45, 7) is 11.1. The molecule has 1 rings (SSSR count). The molecule has 1 aliphatic carbocycles. The molecule has 80 valence electrons. The van der Waals surface area contributed by atoms with Crippen LogP contribution in [0.1, 0.15) is 40.0 Å². The van der Waals surface area contributed by atoms with Crippen molar-refractivity contribution in [2.24, 2.45) is 17.8 Å². The minimum atomic E-state index is 0.808. The van der Waals surface area contributed by atoms with Crippen LogP contribution in [-0.4, -0.2) is 0 Å². The van der Waals surface area contributed by atoms with Gasteiger partial charge in [0.2, 0.25) is 0 Å². The van der Waals surface area contributed by atoms with E-state index in [0.29, 0.717) is 0 Å². The zero-order valence-electron chi connectivity index (χ0n) is 9.72. The van der Waals surface area contributed by atoms with Crippen molar-refractivity contribution in [1.82, 2.24) is 0 Å². The molecule has 0 spiro atoms. The third-order valence-corrected chi connectivity index (χ3v) is 3.71. The third kappa shape index (κ3) is 3.58. The van der Waals surface area contributed by atoms with Crippen molar-refractivity contribution in [3.63, 3.8) is 0 Å². The second-order valence-electron chi connectivity index (χ2n) is 5.11. The fraction of sp³-hybridized carbons (Fsp3) is 0.692. The summed E-state index contributed by atoms with van der Waals surface area (Å²) in [5.74, 6) is 2.48. The molecule has 1 aliphatic rings. The molecule has 0 radical (unpaired) electrons. The van der Waals surface area contributed by atoms with Crippen LogP contribution in [0.2, 0.25) is 0 Å². The molecule has 0 amide bonds. The minimum Gasteiger partial charge on any atom is -0.110 e. The lowest BCUT2D eigenvalue weighted by molar-refractivity contribution is 0.315. The molecule has 0 aromatic heterocycles. The van der Waals surface area contributed by atoms with E-state index in [1.807, 2.05) is 0 Å². The molecule has 0 saturated carbocycles. The van der Waals surface area contributed by atoms with Crippen molar-refractivity contribution >= 4 is 9.24 Å². The molecule has 0 nitrogen and oxygen atoms in total. The molecule has 0 aromatic carbocycles. The lowest BCUT2D eigenvalue weighted by atomic mass is 9.81. The summed E-state index contributed by atoms with van der Waals surface area (Å²) in [6, 6.07) is 0. The van der Waals surface area contributed by atoms with E-state index in [1.165, 1.54) is 30.1 Å². The Hall–Kier alpha value is -0.0900. The monoisotopic (exact) mass is 210 g/mol. The summed E-state index contributed by atoms with van der Waals surface area (Å²) >= 11 is 0. The first kappa shape index (κ1) is 12.0. The van der Waals surface area contributed by atoms with Gasteiger partial charge in [-0.25, -0.2) is 0 Å². The largest absolute Gasteiger partial charge is 0.110 e. The maximum absolute atomic E-state index is 4.08. The van der Waals surface area contributed by atoms with Crippen molar-refractivity contribution in [2.75, 3.05) is 0 Å². The lowest BCUT2D eigenvalue weighted by Crippen LogP contribution is -2.14. The zero-order chi connectivity index (χ0) is 10.7. The van der Waals surface area contributed by atoms with Crippen LogP contribution in [0.25, 0.3) is 0 Å². The predicted molar refractivity (Wildman–Crippen MR) is 68.3 cm³/mol. The van der Waals surface area contributed by atoms with Gasteiger partial charge in [0.25, 0.3) is 0 Å². The van der Waals surface area contributed by atoms with E-state index in [4.69, 9.17) is 0 Å². The van der Waals surface area contributed by atoms with Gasteiger partial charge in [-0.3, -0.25) is 0 Å². The van der Waals surface area contributed by atoms with Crippen LogP contribution < -0.4 is 0 Å². The Morgan fingerprint density at radius 1 is 1.43 bits per heavy atom. The van der Waals surface area contributed by atoms with E-state index in [9.17, 15) is 0 Å². The van der Waals surface area contributed by atoms with Crippen molar-refractivity contribution in [3.05, 3.63) is 23.5 Å². The average molecular weight is 210 g/mol. The number of rotatable bonds is 3. The van der Waals surface area contributed by atoms with Gasteiger partial charge >= 0.3 is 0 Å². The first-order chi connectivity index (χ1) is 6.49. The molecular formula is C13H23P. The predicted octanol–water partition coefficient (Wildman–Crippen LogP) is 4.39. The fourth-order valence-electron chi connectivity index (χ4n) is 2.12. The van der Waals surface area contributed by atoms with Crippen molar-refractivity contribution in [3.8, 4) is 0 Å². The van der Waals surface area contributed by atoms with Crippen molar-refractivity contribution in [2.45, 2.75) is 40.0 Å². The number of hydrogen-bond donors (Lipinski definition) is 0. The quantitative estimate of drug-likeness (QED) is 0.606. The molecule has 0 aromatic rings. The molecule has 0 saturated heterocycles. The molecule has 3 unspecified atom stereocenters. The van der Waals surface area contributed by atoms with Gasteiger partial charge in [-0.1, -0.05) is 44.3 Å². The minimum absolute atomic E-state index is 0.808. The summed E-state index contributed by atoms with van der Waals surface area (Å²) in [4.78, 5) is 0. The molecule has 1 heteroatoms. The topological polar surface area (TPSA) is 0 Å². The highest BCUT2D eigenvalue weighted by Crippen LogP contribution is 2.35. The molecule has 3 atom stereocenters. The van der Waals surface area contributed by atoms with Crippen LogP contribution in [0.3, 0.4) is 0 Å². The molecule has 14 heavy (non-hydrogen) atoms. The Balaban J connectivity index is 2.48. The average Bonchev–Trinajstić information content (AvgIpc) is 2.01. The molecular weight excluding hydrogens is 187 g/mol. The summed E-state index contributed by atoms with van der Waals surface area (Å²) < 4.78 is 0. The van der Waals surface area contributed by atoms with E-state index in [2.05, 4.69) is 42.7 Å². The van der Waals surface area contributed by atoms with Gasteiger partial charge in [0.15, 0.2) is 0 Å². The molecule has 0 aliphatic heterocycles. The SMILES string of the molecule is C=C1C=C(P)CC(CC(C)C(C)C)C1. The van der Waals surface area contributed by atoms with Crippen molar-refractivity contribution in [1.29, 1.82) is 0 Å². The second-order valence-corrected chi connectivity index (χ2v) is 5.85. The van der Waals surface area contributed by atoms with Crippen LogP contribution in [0.5, 0.6) is 0 Å². The van der Waals surface area contributed by atoms with Gasteiger partial charge in [0.05, 0.1) is 0 Å². The fourth-order valence-corrected chi connectivity index (χ4v) is 2.69. The van der Waals surface area contributed by atoms with Crippen LogP contribution in [0.4, 0.5) is 0 Å². The lowest BCUT2D eigenvalue weighted by Gasteiger charge is -2.26. The summed E-state index contributed by atoms with van der Waals surface area (Å²) in [6.07, 6.45) is 6.03. The van der Waals surface area contributed by atoms with E-state index in [1.54, 1.807) is 0 Å². The smallest absolute Gasteiger partial charge is 0.0248 e.